The molecule has 51 heavy (non-hydrogen) atoms. The highest BCUT2D eigenvalue weighted by molar-refractivity contribution is 6.31. The summed E-state index contributed by atoms with van der Waals surface area (Å²) in [5, 5.41) is 22.4. The van der Waals surface area contributed by atoms with Crippen molar-refractivity contribution in [2.45, 2.75) is 70.6 Å². The highest BCUT2D eigenvalue weighted by Crippen LogP contribution is 2.32. The Kier molecular flexibility index (Phi) is 9.69. The van der Waals surface area contributed by atoms with Crippen molar-refractivity contribution >= 4 is 28.7 Å². The number of alkyl halides is 3. The molecule has 1 aliphatic rings. The van der Waals surface area contributed by atoms with Crippen molar-refractivity contribution in [3.8, 4) is 22.6 Å². The second kappa shape index (κ2) is 13.7. The monoisotopic (exact) mass is 728 g/mol. The lowest BCUT2D eigenvalue weighted by Gasteiger charge is -2.38. The maximum atomic E-state index is 13.6. The summed E-state index contributed by atoms with van der Waals surface area (Å²) in [4.78, 5) is 35.6. The molecule has 4 heterocycles. The molecule has 17 heteroatoms. The first kappa shape index (κ1) is 36.0. The van der Waals surface area contributed by atoms with Crippen LogP contribution in [0.25, 0.3) is 33.7 Å². The number of hydrogen-bond acceptors (Lipinski definition) is 10. The summed E-state index contributed by atoms with van der Waals surface area (Å²) in [6.07, 6.45) is -3.07. The summed E-state index contributed by atoms with van der Waals surface area (Å²) in [5.41, 5.74) is 1.82. The molecule has 0 radical (unpaired) electrons. The number of piperidine rings is 1. The molecular weight excluding hydrogens is 693 g/mol. The first-order valence-electron chi connectivity index (χ1n) is 16.1. The van der Waals surface area contributed by atoms with E-state index in [0.29, 0.717) is 48.7 Å². The Bertz CT molecular complexity index is 2110. The van der Waals surface area contributed by atoms with Gasteiger partial charge in [-0.15, -0.1) is 0 Å². The van der Waals surface area contributed by atoms with Crippen LogP contribution in [0.1, 0.15) is 50.6 Å². The van der Waals surface area contributed by atoms with Crippen molar-refractivity contribution in [2.75, 3.05) is 13.1 Å². The van der Waals surface area contributed by atoms with Gasteiger partial charge in [0.2, 0.25) is 5.82 Å². The molecule has 270 valence electrons. The Hall–Kier alpha value is -4.80. The Balaban J connectivity index is 1.08. The van der Waals surface area contributed by atoms with Crippen LogP contribution in [0.2, 0.25) is 5.02 Å². The van der Waals surface area contributed by atoms with E-state index in [1.807, 2.05) is 24.3 Å². The zero-order chi connectivity index (χ0) is 36.7. The number of halogens is 4. The number of likely N-dealkylation sites (tertiary alicyclic amines) is 1. The van der Waals surface area contributed by atoms with Gasteiger partial charge in [-0.05, 0) is 50.8 Å². The predicted molar refractivity (Wildman–Crippen MR) is 180 cm³/mol. The van der Waals surface area contributed by atoms with Crippen molar-refractivity contribution in [3.05, 3.63) is 81.2 Å². The molecule has 0 atom stereocenters. The lowest BCUT2D eigenvalue weighted by Crippen LogP contribution is -2.47. The number of fused-ring (bicyclic) bond motifs is 1. The van der Waals surface area contributed by atoms with Crippen LogP contribution in [0.15, 0.2) is 58.1 Å². The van der Waals surface area contributed by atoms with E-state index in [0.717, 1.165) is 16.7 Å². The van der Waals surface area contributed by atoms with Gasteiger partial charge in [0.1, 0.15) is 11.1 Å². The number of carbonyl (C=O) groups is 1. The molecule has 2 aromatic carbocycles. The molecule has 2 N–H and O–H groups in total. The first-order valence-corrected chi connectivity index (χ1v) is 16.5. The van der Waals surface area contributed by atoms with Crippen LogP contribution in [-0.2, 0) is 37.6 Å². The average molecular weight is 729 g/mol. The normalized spacial score (nSPS) is 15.3. The van der Waals surface area contributed by atoms with E-state index < -0.39 is 29.4 Å². The Labute approximate surface area is 295 Å². The van der Waals surface area contributed by atoms with Gasteiger partial charge in [0.05, 0.1) is 24.2 Å². The van der Waals surface area contributed by atoms with E-state index in [2.05, 4.69) is 35.0 Å². The molecule has 3 aromatic heterocycles. The third kappa shape index (κ3) is 8.24. The van der Waals surface area contributed by atoms with Gasteiger partial charge in [-0.2, -0.15) is 23.3 Å². The van der Waals surface area contributed by atoms with Crippen molar-refractivity contribution < 1.29 is 32.3 Å². The molecule has 6 rings (SSSR count). The van der Waals surface area contributed by atoms with Gasteiger partial charge in [0.15, 0.2) is 5.52 Å². The maximum absolute atomic E-state index is 13.6. The summed E-state index contributed by atoms with van der Waals surface area (Å²) in [5.74, 6) is -1.65. The number of aliphatic hydroxyl groups is 1. The number of hydrogen-bond donors (Lipinski definition) is 2. The Morgan fingerprint density at radius 3 is 2.39 bits per heavy atom. The fourth-order valence-electron chi connectivity index (χ4n) is 5.91. The number of amides is 1. The van der Waals surface area contributed by atoms with Crippen molar-refractivity contribution in [3.63, 3.8) is 0 Å². The third-order valence-corrected chi connectivity index (χ3v) is 8.85. The highest BCUT2D eigenvalue weighted by Gasteiger charge is 2.39. The quantitative estimate of drug-likeness (QED) is 0.207. The molecule has 0 bridgehead atoms. The van der Waals surface area contributed by atoms with E-state index in [1.165, 1.54) is 17.0 Å². The van der Waals surface area contributed by atoms with Gasteiger partial charge in [-0.1, -0.05) is 53.2 Å². The van der Waals surface area contributed by atoms with Crippen LogP contribution < -0.4 is 10.9 Å². The minimum absolute atomic E-state index is 0.0356. The molecule has 0 saturated carbocycles. The molecular formula is C34H36ClF3N8O5. The minimum Gasteiger partial charge on any atom is -0.444 e. The average Bonchev–Trinajstić information content (AvgIpc) is 3.69. The highest BCUT2D eigenvalue weighted by atomic mass is 35.5. The van der Waals surface area contributed by atoms with E-state index in [1.54, 1.807) is 44.6 Å². The molecule has 13 nitrogen and oxygen atoms in total. The van der Waals surface area contributed by atoms with Gasteiger partial charge < -0.3 is 19.7 Å². The van der Waals surface area contributed by atoms with E-state index in [4.69, 9.17) is 16.3 Å². The Morgan fingerprint density at radius 2 is 1.76 bits per heavy atom. The van der Waals surface area contributed by atoms with Crippen LogP contribution in [0.5, 0.6) is 0 Å². The van der Waals surface area contributed by atoms with Gasteiger partial charge in [-0.3, -0.25) is 18.9 Å². The van der Waals surface area contributed by atoms with Gasteiger partial charge in [0, 0.05) is 49.4 Å². The molecule has 0 aliphatic carbocycles. The maximum Gasteiger partial charge on any atom is 0.471 e. The number of nitrogens with one attached hydrogen (secondary N) is 1. The number of carbonyl (C=O) groups excluding carboxylic acids is 1. The van der Waals surface area contributed by atoms with Crippen LogP contribution in [0, 0.1) is 0 Å². The number of rotatable bonds is 8. The van der Waals surface area contributed by atoms with Crippen LogP contribution >= 0.6 is 11.6 Å². The molecule has 5 aromatic rings. The Morgan fingerprint density at radius 1 is 1.08 bits per heavy atom. The first-order chi connectivity index (χ1) is 24.0. The summed E-state index contributed by atoms with van der Waals surface area (Å²) in [6.45, 7) is 7.17. The third-order valence-electron chi connectivity index (χ3n) is 8.50. The smallest absolute Gasteiger partial charge is 0.444 e. The fourth-order valence-corrected chi connectivity index (χ4v) is 6.15. The molecule has 1 aliphatic heterocycles. The van der Waals surface area contributed by atoms with Gasteiger partial charge in [-0.25, -0.2) is 9.78 Å². The lowest BCUT2D eigenvalue weighted by atomic mass is 9.91. The largest absolute Gasteiger partial charge is 0.471 e. The standard InChI is InChI=1S/C34H36ClF3N8O5/c1-32(2,3)50-31(48)39-16-20-5-7-21(8-6-20)27-25-26(42-44(27)4)29(47)46(19-40-25)18-33(49)11-13-45(14-12-33)17-23-10-9-22(15-24(23)35)28-41-30(51-43-28)34(36,37)38/h5-10,15,19,49H,11-14,16-18H2,1-4H3,(H,39,48). The predicted octanol–water partition coefficient (Wildman–Crippen LogP) is 5.57. The van der Waals surface area contributed by atoms with Crippen LogP contribution in [-0.4, -0.2) is 69.9 Å². The zero-order valence-corrected chi connectivity index (χ0v) is 29.0. The van der Waals surface area contributed by atoms with Crippen LogP contribution in [0.3, 0.4) is 0 Å². The van der Waals surface area contributed by atoms with Crippen molar-refractivity contribution in [2.24, 2.45) is 7.05 Å². The van der Waals surface area contributed by atoms with Gasteiger partial charge in [0.25, 0.3) is 5.56 Å². The topological polar surface area (TPSA) is 153 Å². The summed E-state index contributed by atoms with van der Waals surface area (Å²) in [7, 11) is 1.73. The number of benzene rings is 2. The second-order valence-electron chi connectivity index (χ2n) is 13.6. The van der Waals surface area contributed by atoms with E-state index in [9.17, 15) is 27.9 Å². The SMILES string of the molecule is Cn1nc2c(=O)n(CC3(O)CCN(Cc4ccc(-c5noc(C(F)(F)F)n5)cc4Cl)CC3)cnc2c1-c1ccc(CNC(=O)OC(C)(C)C)cc1. The molecule has 1 fully saturated rings. The number of nitrogens with zero attached hydrogens (tertiary/aromatic N) is 7. The molecule has 1 saturated heterocycles. The van der Waals surface area contributed by atoms with Crippen molar-refractivity contribution in [1.82, 2.24) is 39.7 Å². The van der Waals surface area contributed by atoms with E-state index >= 15 is 0 Å². The summed E-state index contributed by atoms with van der Waals surface area (Å²) in [6, 6.07) is 12.2. The minimum atomic E-state index is -4.75. The fraction of sp³-hybridized carbons (Fsp3) is 0.412. The van der Waals surface area contributed by atoms with Gasteiger partial charge >= 0.3 is 18.2 Å². The zero-order valence-electron chi connectivity index (χ0n) is 28.3. The number of ether oxygens (including phenoxy) is 1. The van der Waals surface area contributed by atoms with Crippen LogP contribution in [0.4, 0.5) is 18.0 Å². The second-order valence-corrected chi connectivity index (χ2v) is 14.0. The number of alkyl carbamates (subject to hydrolysis) is 1. The lowest BCUT2D eigenvalue weighted by molar-refractivity contribution is -0.159. The summed E-state index contributed by atoms with van der Waals surface area (Å²) >= 11 is 6.47. The molecule has 1 amide bonds. The molecule has 0 spiro atoms. The van der Waals surface area contributed by atoms with Crippen molar-refractivity contribution in [1.29, 1.82) is 0 Å². The number of aryl methyl sites for hydroxylation is 1. The summed E-state index contributed by atoms with van der Waals surface area (Å²) < 4.78 is 51.1. The number of aromatic nitrogens is 6. The molecule has 0 unspecified atom stereocenters. The van der Waals surface area contributed by atoms with E-state index in [-0.39, 0.29) is 35.6 Å².